The minimum absolute atomic E-state index is 0.0413. The highest BCUT2D eigenvalue weighted by Crippen LogP contribution is 2.60. The first-order valence-electron chi connectivity index (χ1n) is 8.43. The number of nitrogens with zero attached hydrogens (tertiary/aromatic N) is 1. The number of hydrogen-bond acceptors (Lipinski definition) is 5. The zero-order chi connectivity index (χ0) is 16.9. The lowest BCUT2D eigenvalue weighted by atomic mass is 9.54. The Morgan fingerprint density at radius 2 is 2.12 bits per heavy atom. The number of fused-ring (bicyclic) bond motifs is 2. The van der Waals surface area contributed by atoms with Crippen molar-refractivity contribution in [2.24, 2.45) is 11.3 Å². The molecule has 3 aliphatic rings. The van der Waals surface area contributed by atoms with Gasteiger partial charge < -0.3 is 15.2 Å². The molecule has 2 aliphatic carbocycles. The number of ether oxygens (including phenoxy) is 1. The second kappa shape index (κ2) is 5.44. The fraction of sp³-hybridized carbons (Fsp3) is 0.588. The van der Waals surface area contributed by atoms with E-state index in [4.69, 9.17) is 4.74 Å². The maximum Gasteiger partial charge on any atom is 0.311 e. The zero-order valence-electron chi connectivity index (χ0n) is 13.2. The van der Waals surface area contributed by atoms with Gasteiger partial charge in [-0.1, -0.05) is 12.8 Å². The number of phenols is 1. The first-order valence-corrected chi connectivity index (χ1v) is 8.43. The molecule has 0 unspecified atom stereocenters. The molecule has 1 amide bonds. The SMILES string of the molecule is O=C(N[C@@H]1[C@@H]2CCO[C@H]2C12CCCC2)c1ccc(O)c([N+](=O)[O-])c1. The Morgan fingerprint density at radius 3 is 2.83 bits per heavy atom. The molecule has 3 atom stereocenters. The van der Waals surface area contributed by atoms with Gasteiger partial charge in [-0.25, -0.2) is 0 Å². The summed E-state index contributed by atoms with van der Waals surface area (Å²) in [7, 11) is 0. The summed E-state index contributed by atoms with van der Waals surface area (Å²) in [6, 6.07) is 3.82. The van der Waals surface area contributed by atoms with Crippen molar-refractivity contribution in [1.29, 1.82) is 0 Å². The first kappa shape index (κ1) is 15.4. The Bertz CT molecular complexity index is 698. The van der Waals surface area contributed by atoms with Crippen molar-refractivity contribution in [3.63, 3.8) is 0 Å². The highest BCUT2D eigenvalue weighted by Gasteiger charge is 2.65. The van der Waals surface area contributed by atoms with E-state index < -0.39 is 16.4 Å². The Hall–Kier alpha value is -2.15. The van der Waals surface area contributed by atoms with Gasteiger partial charge in [0.15, 0.2) is 5.75 Å². The van der Waals surface area contributed by atoms with Crippen LogP contribution < -0.4 is 5.32 Å². The number of rotatable bonds is 3. The number of carbonyl (C=O) groups excluding carboxylic acids is 1. The number of phenolic OH excluding ortho intramolecular Hbond substituents is 1. The van der Waals surface area contributed by atoms with E-state index in [1.54, 1.807) is 0 Å². The van der Waals surface area contributed by atoms with Crippen molar-refractivity contribution in [2.75, 3.05) is 6.61 Å². The summed E-state index contributed by atoms with van der Waals surface area (Å²) in [5, 5.41) is 23.6. The second-order valence-electron chi connectivity index (χ2n) is 7.10. The summed E-state index contributed by atoms with van der Waals surface area (Å²) in [5.41, 5.74) is -0.205. The molecule has 1 spiro atoms. The first-order chi connectivity index (χ1) is 11.5. The molecule has 0 bridgehead atoms. The van der Waals surface area contributed by atoms with Crippen LogP contribution in [-0.2, 0) is 4.74 Å². The van der Waals surface area contributed by atoms with Crippen LogP contribution in [0, 0.1) is 21.4 Å². The van der Waals surface area contributed by atoms with Crippen LogP contribution in [0.3, 0.4) is 0 Å². The number of benzene rings is 1. The summed E-state index contributed by atoms with van der Waals surface area (Å²) in [6.07, 6.45) is 5.64. The van der Waals surface area contributed by atoms with E-state index in [1.807, 2.05) is 0 Å². The number of nitrogens with one attached hydrogen (secondary N) is 1. The lowest BCUT2D eigenvalue weighted by molar-refractivity contribution is -0.385. The average Bonchev–Trinajstić information content (AvgIpc) is 3.21. The summed E-state index contributed by atoms with van der Waals surface area (Å²) in [5.74, 6) is -0.407. The molecule has 4 rings (SSSR count). The van der Waals surface area contributed by atoms with Gasteiger partial charge in [0.05, 0.1) is 11.0 Å². The molecule has 1 aliphatic heterocycles. The van der Waals surface area contributed by atoms with Crippen LogP contribution in [0.15, 0.2) is 18.2 Å². The van der Waals surface area contributed by atoms with Gasteiger partial charge in [0.2, 0.25) is 0 Å². The molecule has 0 radical (unpaired) electrons. The Labute approximate surface area is 139 Å². The van der Waals surface area contributed by atoms with Crippen LogP contribution in [0.2, 0.25) is 0 Å². The van der Waals surface area contributed by atoms with Crippen molar-refractivity contribution >= 4 is 11.6 Å². The molecule has 2 N–H and O–H groups in total. The zero-order valence-corrected chi connectivity index (χ0v) is 13.2. The topological polar surface area (TPSA) is 102 Å². The van der Waals surface area contributed by atoms with E-state index in [1.165, 1.54) is 12.1 Å². The Balaban J connectivity index is 1.56. The van der Waals surface area contributed by atoms with Crippen molar-refractivity contribution in [3.05, 3.63) is 33.9 Å². The van der Waals surface area contributed by atoms with Gasteiger partial charge in [0.1, 0.15) is 0 Å². The quantitative estimate of drug-likeness (QED) is 0.653. The molecule has 2 saturated carbocycles. The van der Waals surface area contributed by atoms with E-state index >= 15 is 0 Å². The molecular weight excluding hydrogens is 312 g/mol. The molecule has 24 heavy (non-hydrogen) atoms. The third-order valence-corrected chi connectivity index (χ3v) is 6.01. The summed E-state index contributed by atoms with van der Waals surface area (Å²) in [6.45, 7) is 0.744. The molecule has 1 aromatic carbocycles. The van der Waals surface area contributed by atoms with Crippen LogP contribution >= 0.6 is 0 Å². The van der Waals surface area contributed by atoms with Crippen LogP contribution in [0.25, 0.3) is 0 Å². The molecule has 1 aromatic rings. The van der Waals surface area contributed by atoms with Crippen LogP contribution in [0.5, 0.6) is 5.75 Å². The molecule has 0 aromatic heterocycles. The van der Waals surface area contributed by atoms with Gasteiger partial charge in [-0.05, 0) is 31.4 Å². The number of nitro benzene ring substituents is 1. The summed E-state index contributed by atoms with van der Waals surface area (Å²) < 4.78 is 5.90. The molecule has 7 nitrogen and oxygen atoms in total. The number of carbonyl (C=O) groups is 1. The Kier molecular flexibility index (Phi) is 3.49. The van der Waals surface area contributed by atoms with Gasteiger partial charge in [-0.3, -0.25) is 14.9 Å². The monoisotopic (exact) mass is 332 g/mol. The highest BCUT2D eigenvalue weighted by molar-refractivity contribution is 5.95. The third-order valence-electron chi connectivity index (χ3n) is 6.01. The molecule has 1 saturated heterocycles. The van der Waals surface area contributed by atoms with Crippen molar-refractivity contribution in [2.45, 2.75) is 44.2 Å². The number of nitro groups is 1. The minimum Gasteiger partial charge on any atom is -0.502 e. The normalized spacial score (nSPS) is 29.9. The fourth-order valence-electron chi connectivity index (χ4n) is 4.94. The van der Waals surface area contributed by atoms with Crippen molar-refractivity contribution in [3.8, 4) is 5.75 Å². The molecule has 3 fully saturated rings. The molecule has 128 valence electrons. The highest BCUT2D eigenvalue weighted by atomic mass is 16.6. The lowest BCUT2D eigenvalue weighted by Crippen LogP contribution is -2.68. The summed E-state index contributed by atoms with van der Waals surface area (Å²) in [4.78, 5) is 22.9. The maximum absolute atomic E-state index is 12.6. The predicted molar refractivity (Wildman–Crippen MR) is 84.8 cm³/mol. The smallest absolute Gasteiger partial charge is 0.311 e. The van der Waals surface area contributed by atoms with Gasteiger partial charge in [0.25, 0.3) is 5.91 Å². The van der Waals surface area contributed by atoms with E-state index in [9.17, 15) is 20.0 Å². The summed E-state index contributed by atoms with van der Waals surface area (Å²) >= 11 is 0. The average molecular weight is 332 g/mol. The number of amides is 1. The third kappa shape index (κ3) is 2.11. The van der Waals surface area contributed by atoms with Crippen LogP contribution in [-0.4, -0.2) is 34.7 Å². The fourth-order valence-corrected chi connectivity index (χ4v) is 4.94. The van der Waals surface area contributed by atoms with Crippen LogP contribution in [0.4, 0.5) is 5.69 Å². The maximum atomic E-state index is 12.6. The molecular formula is C17H20N2O5. The van der Waals surface area contributed by atoms with E-state index in [0.29, 0.717) is 5.92 Å². The predicted octanol–water partition coefficient (Wildman–Crippen LogP) is 2.38. The number of aromatic hydroxyl groups is 1. The second-order valence-corrected chi connectivity index (χ2v) is 7.10. The van der Waals surface area contributed by atoms with E-state index in [2.05, 4.69) is 5.32 Å². The van der Waals surface area contributed by atoms with Gasteiger partial charge in [-0.15, -0.1) is 0 Å². The standard InChI is InChI=1S/C17H20N2O5/c20-13-4-3-10(9-12(13)19(22)23)16(21)18-14-11-5-8-24-15(11)17(14)6-1-2-7-17/h3-4,9,11,14-15,20H,1-2,5-8H2,(H,18,21)/t11-,14+,15+/m0/s1. The molecule has 1 heterocycles. The van der Waals surface area contributed by atoms with Crippen molar-refractivity contribution in [1.82, 2.24) is 5.32 Å². The van der Waals surface area contributed by atoms with Crippen molar-refractivity contribution < 1.29 is 19.6 Å². The lowest BCUT2D eigenvalue weighted by Gasteiger charge is -2.56. The molecule has 7 heteroatoms. The van der Waals surface area contributed by atoms with Crippen LogP contribution in [0.1, 0.15) is 42.5 Å². The van der Waals surface area contributed by atoms with Gasteiger partial charge in [0, 0.05) is 35.6 Å². The van der Waals surface area contributed by atoms with Gasteiger partial charge >= 0.3 is 5.69 Å². The number of hydrogen-bond donors (Lipinski definition) is 2. The van der Waals surface area contributed by atoms with E-state index in [0.717, 1.165) is 44.8 Å². The van der Waals surface area contributed by atoms with E-state index in [-0.39, 0.29) is 29.0 Å². The minimum atomic E-state index is -0.686. The Morgan fingerprint density at radius 1 is 1.38 bits per heavy atom. The largest absolute Gasteiger partial charge is 0.502 e. The van der Waals surface area contributed by atoms with Gasteiger partial charge in [-0.2, -0.15) is 0 Å².